The molecule has 1 heterocycles. The average Bonchev–Trinajstić information content (AvgIpc) is 3.22. The maximum atomic E-state index is 12.6. The zero-order chi connectivity index (χ0) is 16.3. The molecule has 130 valence electrons. The third-order valence-electron chi connectivity index (χ3n) is 6.55. The van der Waals surface area contributed by atoms with Crippen LogP contribution in [-0.2, 0) is 9.53 Å². The third kappa shape index (κ3) is 3.23. The van der Waals surface area contributed by atoms with Crippen molar-refractivity contribution in [2.24, 2.45) is 23.7 Å². The molecule has 3 aliphatic rings. The molecule has 23 heavy (non-hydrogen) atoms. The van der Waals surface area contributed by atoms with Crippen molar-refractivity contribution in [1.29, 1.82) is 0 Å². The number of hydrogen-bond donors (Lipinski definition) is 0. The predicted octanol–water partition coefficient (Wildman–Crippen LogP) is 5.66. The molecule has 3 rings (SSSR count). The van der Waals surface area contributed by atoms with Crippen LogP contribution in [0.5, 0.6) is 0 Å². The SMILES string of the molecule is CCCCCCC1(CCCCCC)OC(=O)[C@H]2[C@@H]1[C@@H]1C=C[C@H]2C1. The zero-order valence-corrected chi connectivity index (χ0v) is 15.1. The first-order valence-corrected chi connectivity index (χ1v) is 10.1. The molecule has 0 aromatic carbocycles. The van der Waals surface area contributed by atoms with Crippen molar-refractivity contribution in [2.45, 2.75) is 90.1 Å². The summed E-state index contributed by atoms with van der Waals surface area (Å²) in [6.07, 6.45) is 18.2. The Morgan fingerprint density at radius 1 is 0.957 bits per heavy atom. The van der Waals surface area contributed by atoms with Crippen LogP contribution in [0.15, 0.2) is 12.2 Å². The Morgan fingerprint density at radius 2 is 1.57 bits per heavy atom. The van der Waals surface area contributed by atoms with Crippen LogP contribution in [-0.4, -0.2) is 11.6 Å². The summed E-state index contributed by atoms with van der Waals surface area (Å²) in [7, 11) is 0. The van der Waals surface area contributed by atoms with Gasteiger partial charge in [-0.25, -0.2) is 0 Å². The first-order valence-electron chi connectivity index (χ1n) is 10.1. The lowest BCUT2D eigenvalue weighted by Crippen LogP contribution is -2.39. The van der Waals surface area contributed by atoms with Gasteiger partial charge in [0, 0.05) is 5.92 Å². The fraction of sp³-hybridized carbons (Fsp3) is 0.857. The first-order chi connectivity index (χ1) is 11.2. The number of fused-ring (bicyclic) bond motifs is 5. The van der Waals surface area contributed by atoms with Gasteiger partial charge in [-0.15, -0.1) is 0 Å². The van der Waals surface area contributed by atoms with Gasteiger partial charge in [0.1, 0.15) is 5.60 Å². The lowest BCUT2D eigenvalue weighted by Gasteiger charge is -2.36. The van der Waals surface area contributed by atoms with Crippen LogP contribution in [0.2, 0.25) is 0 Å². The minimum atomic E-state index is -0.132. The Bertz CT molecular complexity index is 427. The smallest absolute Gasteiger partial charge is 0.310 e. The fourth-order valence-corrected chi connectivity index (χ4v) is 5.46. The van der Waals surface area contributed by atoms with Gasteiger partial charge in [0.25, 0.3) is 0 Å². The topological polar surface area (TPSA) is 26.3 Å². The van der Waals surface area contributed by atoms with E-state index in [0.29, 0.717) is 17.8 Å². The van der Waals surface area contributed by atoms with Crippen molar-refractivity contribution in [3.8, 4) is 0 Å². The molecule has 0 spiro atoms. The molecule has 2 fully saturated rings. The standard InChI is InChI=1S/C21H34O2/c1-3-5-7-9-13-21(14-10-8-6-4-2)19-17-12-11-16(15-17)18(19)20(22)23-21/h11-12,16-19H,3-10,13-15H2,1-2H3/t16-,17+,18+,19-/m0/s1. The summed E-state index contributed by atoms with van der Waals surface area (Å²) in [6.45, 7) is 4.51. The summed E-state index contributed by atoms with van der Waals surface area (Å²) >= 11 is 0. The molecule has 2 heteroatoms. The van der Waals surface area contributed by atoms with Crippen molar-refractivity contribution < 1.29 is 9.53 Å². The van der Waals surface area contributed by atoms with Gasteiger partial charge < -0.3 is 4.74 Å². The number of unbranched alkanes of at least 4 members (excludes halogenated alkanes) is 6. The number of esters is 1. The summed E-state index contributed by atoms with van der Waals surface area (Å²) in [6, 6.07) is 0. The number of cyclic esters (lactones) is 1. The number of carbonyl (C=O) groups is 1. The summed E-state index contributed by atoms with van der Waals surface area (Å²) in [4.78, 5) is 12.6. The molecule has 2 nitrogen and oxygen atoms in total. The molecule has 0 unspecified atom stereocenters. The first kappa shape index (κ1) is 17.0. The quantitative estimate of drug-likeness (QED) is 0.295. The van der Waals surface area contributed by atoms with E-state index < -0.39 is 0 Å². The van der Waals surface area contributed by atoms with E-state index in [1.165, 1.54) is 57.8 Å². The molecule has 1 aliphatic heterocycles. The highest BCUT2D eigenvalue weighted by Gasteiger charge is 2.63. The third-order valence-corrected chi connectivity index (χ3v) is 6.55. The lowest BCUT2D eigenvalue weighted by atomic mass is 9.70. The molecule has 1 saturated carbocycles. The maximum absolute atomic E-state index is 12.6. The zero-order valence-electron chi connectivity index (χ0n) is 15.1. The second-order valence-corrected chi connectivity index (χ2v) is 8.11. The van der Waals surface area contributed by atoms with E-state index in [0.717, 1.165) is 12.8 Å². The van der Waals surface area contributed by atoms with Gasteiger partial charge in [-0.3, -0.25) is 4.79 Å². The van der Waals surface area contributed by atoms with E-state index in [1.807, 2.05) is 0 Å². The molecule has 0 aromatic rings. The normalized spacial score (nSPS) is 33.2. The highest BCUT2D eigenvalue weighted by atomic mass is 16.6. The summed E-state index contributed by atoms with van der Waals surface area (Å²) in [5.74, 6) is 1.87. The Morgan fingerprint density at radius 3 is 2.17 bits per heavy atom. The van der Waals surface area contributed by atoms with Gasteiger partial charge >= 0.3 is 5.97 Å². The van der Waals surface area contributed by atoms with Gasteiger partial charge in [0.15, 0.2) is 0 Å². The molecule has 1 saturated heterocycles. The summed E-state index contributed by atoms with van der Waals surface area (Å²) < 4.78 is 6.18. The molecule has 4 atom stereocenters. The number of ether oxygens (including phenoxy) is 1. The van der Waals surface area contributed by atoms with Gasteiger partial charge in [0.2, 0.25) is 0 Å². The molecular formula is C21H34O2. The van der Waals surface area contributed by atoms with Crippen molar-refractivity contribution in [3.05, 3.63) is 12.2 Å². The van der Waals surface area contributed by atoms with Gasteiger partial charge in [-0.05, 0) is 43.9 Å². The molecule has 2 aliphatic carbocycles. The minimum Gasteiger partial charge on any atom is -0.458 e. The Kier molecular flexibility index (Phi) is 5.49. The summed E-state index contributed by atoms with van der Waals surface area (Å²) in [5.41, 5.74) is -0.132. The maximum Gasteiger partial charge on any atom is 0.310 e. The molecule has 0 radical (unpaired) electrons. The Labute approximate surface area is 142 Å². The highest BCUT2D eigenvalue weighted by Crippen LogP contribution is 2.60. The van der Waals surface area contributed by atoms with Crippen LogP contribution >= 0.6 is 0 Å². The largest absolute Gasteiger partial charge is 0.458 e. The van der Waals surface area contributed by atoms with Crippen LogP contribution in [0.1, 0.15) is 84.5 Å². The number of allylic oxidation sites excluding steroid dienone is 2. The van der Waals surface area contributed by atoms with Crippen molar-refractivity contribution in [2.75, 3.05) is 0 Å². The van der Waals surface area contributed by atoms with E-state index in [2.05, 4.69) is 26.0 Å². The number of rotatable bonds is 10. The van der Waals surface area contributed by atoms with E-state index >= 15 is 0 Å². The Balaban J connectivity index is 1.69. The van der Waals surface area contributed by atoms with Crippen molar-refractivity contribution in [1.82, 2.24) is 0 Å². The van der Waals surface area contributed by atoms with Crippen molar-refractivity contribution in [3.63, 3.8) is 0 Å². The van der Waals surface area contributed by atoms with Gasteiger partial charge in [-0.2, -0.15) is 0 Å². The Hall–Kier alpha value is -0.790. The van der Waals surface area contributed by atoms with Crippen molar-refractivity contribution >= 4 is 5.97 Å². The number of hydrogen-bond acceptors (Lipinski definition) is 2. The second kappa shape index (κ2) is 7.40. The lowest BCUT2D eigenvalue weighted by molar-refractivity contribution is -0.154. The van der Waals surface area contributed by atoms with Crippen LogP contribution in [0.4, 0.5) is 0 Å². The van der Waals surface area contributed by atoms with Crippen LogP contribution in [0, 0.1) is 23.7 Å². The molecule has 0 aromatic heterocycles. The van der Waals surface area contributed by atoms with Crippen LogP contribution in [0.3, 0.4) is 0 Å². The minimum absolute atomic E-state index is 0.123. The van der Waals surface area contributed by atoms with Gasteiger partial charge in [0.05, 0.1) is 5.92 Å². The van der Waals surface area contributed by atoms with E-state index in [1.54, 1.807) is 0 Å². The van der Waals surface area contributed by atoms with Crippen LogP contribution in [0.25, 0.3) is 0 Å². The second-order valence-electron chi connectivity index (χ2n) is 8.11. The van der Waals surface area contributed by atoms with E-state index in [-0.39, 0.29) is 17.5 Å². The summed E-state index contributed by atoms with van der Waals surface area (Å²) in [5, 5.41) is 0. The molecule has 0 amide bonds. The highest BCUT2D eigenvalue weighted by molar-refractivity contribution is 5.78. The van der Waals surface area contributed by atoms with Crippen LogP contribution < -0.4 is 0 Å². The fourth-order valence-electron chi connectivity index (χ4n) is 5.46. The molecule has 2 bridgehead atoms. The average molecular weight is 319 g/mol. The van der Waals surface area contributed by atoms with E-state index in [4.69, 9.17) is 4.74 Å². The predicted molar refractivity (Wildman–Crippen MR) is 94.1 cm³/mol. The van der Waals surface area contributed by atoms with Gasteiger partial charge in [-0.1, -0.05) is 64.5 Å². The monoisotopic (exact) mass is 318 g/mol. The van der Waals surface area contributed by atoms with E-state index in [9.17, 15) is 4.79 Å². The molecule has 0 N–H and O–H groups in total. The molecular weight excluding hydrogens is 284 g/mol. The number of carbonyl (C=O) groups excluding carboxylic acids is 1.